The van der Waals surface area contributed by atoms with Crippen LogP contribution in [0.2, 0.25) is 0 Å². The number of likely N-dealkylation sites (N-methyl/N-ethyl adjacent to an activating group) is 1. The Hall–Kier alpha value is 0.0500. The summed E-state index contributed by atoms with van der Waals surface area (Å²) in [7, 11) is -1.80. The average molecular weight is 353 g/mol. The molecule has 0 spiro atoms. The second kappa shape index (κ2) is 5.20. The summed E-state index contributed by atoms with van der Waals surface area (Å²) in [4.78, 5) is 1.20. The van der Waals surface area contributed by atoms with E-state index in [1.165, 1.54) is 15.6 Å². The molecule has 1 fully saturated rings. The molecule has 1 aromatic heterocycles. The highest BCUT2D eigenvalue weighted by Crippen LogP contribution is 2.38. The molecule has 0 radical (unpaired) electrons. The lowest BCUT2D eigenvalue weighted by Crippen LogP contribution is -2.43. The fourth-order valence-electron chi connectivity index (χ4n) is 2.14. The topological polar surface area (TPSA) is 63.4 Å². The third-order valence-corrected chi connectivity index (χ3v) is 7.07. The molecule has 0 bridgehead atoms. The summed E-state index contributed by atoms with van der Waals surface area (Å²) in [6.07, 6.45) is 2.15. The molecule has 0 amide bonds. The van der Waals surface area contributed by atoms with Crippen LogP contribution in [-0.4, -0.2) is 32.4 Å². The van der Waals surface area contributed by atoms with E-state index < -0.39 is 10.0 Å². The molecule has 1 aliphatic rings. The molecular weight excluding hydrogens is 336 g/mol. The number of hydrogen-bond acceptors (Lipinski definition) is 4. The van der Waals surface area contributed by atoms with E-state index in [0.717, 1.165) is 21.5 Å². The van der Waals surface area contributed by atoms with E-state index in [1.54, 1.807) is 13.1 Å². The van der Waals surface area contributed by atoms with Gasteiger partial charge in [0.05, 0.1) is 8.68 Å². The molecule has 1 unspecified atom stereocenters. The highest BCUT2D eigenvalue weighted by molar-refractivity contribution is 9.11. The second-order valence-corrected chi connectivity index (χ2v) is 9.23. The van der Waals surface area contributed by atoms with Crippen LogP contribution in [0.15, 0.2) is 14.7 Å². The van der Waals surface area contributed by atoms with Gasteiger partial charge in [-0.05, 0) is 47.7 Å². The van der Waals surface area contributed by atoms with Crippen molar-refractivity contribution in [3.05, 3.63) is 14.7 Å². The zero-order valence-electron chi connectivity index (χ0n) is 10.4. The van der Waals surface area contributed by atoms with Crippen LogP contribution in [-0.2, 0) is 10.0 Å². The standard InChI is InChI=1S/C11H17BrN2O2S2/c1-7-10(5-11(12)17-7)18(15,16)14(2)9(6-13)8-3-4-8/h5,8-9H,3-4,6,13H2,1-2H3. The summed E-state index contributed by atoms with van der Waals surface area (Å²) < 4.78 is 27.4. The first-order chi connectivity index (χ1) is 8.37. The zero-order chi connectivity index (χ0) is 13.5. The van der Waals surface area contributed by atoms with Gasteiger partial charge < -0.3 is 5.73 Å². The molecule has 1 saturated carbocycles. The van der Waals surface area contributed by atoms with Gasteiger partial charge in [-0.3, -0.25) is 0 Å². The van der Waals surface area contributed by atoms with Gasteiger partial charge in [0.25, 0.3) is 0 Å². The third-order valence-electron chi connectivity index (χ3n) is 3.37. The number of hydrogen-bond donors (Lipinski definition) is 1. The number of halogens is 1. The third kappa shape index (κ3) is 2.65. The maximum Gasteiger partial charge on any atom is 0.244 e. The fourth-order valence-corrected chi connectivity index (χ4v) is 5.95. The van der Waals surface area contributed by atoms with Gasteiger partial charge in [-0.2, -0.15) is 4.31 Å². The zero-order valence-corrected chi connectivity index (χ0v) is 13.6. The minimum Gasteiger partial charge on any atom is -0.329 e. The van der Waals surface area contributed by atoms with Crippen molar-refractivity contribution in [2.45, 2.75) is 30.7 Å². The van der Waals surface area contributed by atoms with Gasteiger partial charge in [0.15, 0.2) is 0 Å². The Balaban J connectivity index is 2.32. The predicted molar refractivity (Wildman–Crippen MR) is 77.3 cm³/mol. The first-order valence-corrected chi connectivity index (χ1v) is 8.87. The Morgan fingerprint density at radius 1 is 1.61 bits per heavy atom. The summed E-state index contributed by atoms with van der Waals surface area (Å²) in [5.41, 5.74) is 5.72. The van der Waals surface area contributed by atoms with E-state index in [9.17, 15) is 8.42 Å². The van der Waals surface area contributed by atoms with Crippen LogP contribution in [0.5, 0.6) is 0 Å². The molecule has 4 nitrogen and oxygen atoms in total. The Labute approximate surface area is 120 Å². The number of thiophene rings is 1. The normalized spacial score (nSPS) is 18.3. The van der Waals surface area contributed by atoms with Gasteiger partial charge in [-0.25, -0.2) is 8.42 Å². The summed E-state index contributed by atoms with van der Waals surface area (Å²) in [5, 5.41) is 0. The smallest absolute Gasteiger partial charge is 0.244 e. The van der Waals surface area contributed by atoms with Gasteiger partial charge >= 0.3 is 0 Å². The summed E-state index contributed by atoms with van der Waals surface area (Å²) in [5.74, 6) is 0.428. The molecule has 1 heterocycles. The average Bonchev–Trinajstić information content (AvgIpc) is 3.05. The molecule has 7 heteroatoms. The quantitative estimate of drug-likeness (QED) is 0.883. The van der Waals surface area contributed by atoms with Crippen molar-refractivity contribution in [2.75, 3.05) is 13.6 Å². The van der Waals surface area contributed by atoms with Crippen LogP contribution in [0.4, 0.5) is 0 Å². The van der Waals surface area contributed by atoms with Crippen molar-refractivity contribution < 1.29 is 8.42 Å². The first-order valence-electron chi connectivity index (χ1n) is 5.82. The van der Waals surface area contributed by atoms with Crippen LogP contribution >= 0.6 is 27.3 Å². The first kappa shape index (κ1) is 14.5. The Bertz CT molecular complexity index is 537. The molecule has 18 heavy (non-hydrogen) atoms. The molecule has 0 aromatic carbocycles. The fraction of sp³-hybridized carbons (Fsp3) is 0.636. The number of sulfonamides is 1. The lowest BCUT2D eigenvalue weighted by Gasteiger charge is -2.26. The minimum atomic E-state index is -3.43. The summed E-state index contributed by atoms with van der Waals surface area (Å²) >= 11 is 4.77. The SMILES string of the molecule is Cc1sc(Br)cc1S(=O)(=O)N(C)C(CN)C1CC1. The van der Waals surface area contributed by atoms with Crippen molar-refractivity contribution in [1.29, 1.82) is 0 Å². The predicted octanol–water partition coefficient (Wildman–Crippen LogP) is 2.18. The number of nitrogens with zero attached hydrogens (tertiary/aromatic N) is 1. The van der Waals surface area contributed by atoms with Gasteiger partial charge in [-0.15, -0.1) is 11.3 Å². The summed E-state index contributed by atoms with van der Waals surface area (Å²) in [6, 6.07) is 1.60. The molecule has 2 N–H and O–H groups in total. The minimum absolute atomic E-state index is 0.0759. The molecule has 1 aliphatic carbocycles. The van der Waals surface area contributed by atoms with E-state index in [-0.39, 0.29) is 6.04 Å². The molecule has 1 atom stereocenters. The highest BCUT2D eigenvalue weighted by Gasteiger charge is 2.38. The second-order valence-electron chi connectivity index (χ2n) is 4.63. The van der Waals surface area contributed by atoms with E-state index in [4.69, 9.17) is 5.73 Å². The lowest BCUT2D eigenvalue weighted by molar-refractivity contribution is 0.340. The lowest BCUT2D eigenvalue weighted by atomic mass is 10.2. The molecular formula is C11H17BrN2O2S2. The van der Waals surface area contributed by atoms with E-state index in [2.05, 4.69) is 15.9 Å². The van der Waals surface area contributed by atoms with Crippen molar-refractivity contribution >= 4 is 37.3 Å². The number of aryl methyl sites for hydroxylation is 1. The van der Waals surface area contributed by atoms with Gasteiger partial charge in [-0.1, -0.05) is 0 Å². The number of rotatable bonds is 5. The summed E-state index contributed by atoms with van der Waals surface area (Å²) in [6.45, 7) is 2.20. The van der Waals surface area contributed by atoms with Crippen molar-refractivity contribution in [2.24, 2.45) is 11.7 Å². The molecule has 102 valence electrons. The highest BCUT2D eigenvalue weighted by atomic mass is 79.9. The van der Waals surface area contributed by atoms with Crippen LogP contribution in [0, 0.1) is 12.8 Å². The Kier molecular flexibility index (Phi) is 4.18. The van der Waals surface area contributed by atoms with Crippen LogP contribution in [0.25, 0.3) is 0 Å². The van der Waals surface area contributed by atoms with Crippen molar-refractivity contribution in [3.8, 4) is 0 Å². The van der Waals surface area contributed by atoms with Crippen LogP contribution in [0.1, 0.15) is 17.7 Å². The van der Waals surface area contributed by atoms with Crippen LogP contribution < -0.4 is 5.73 Å². The van der Waals surface area contributed by atoms with Crippen LogP contribution in [0.3, 0.4) is 0 Å². The number of nitrogens with two attached hydrogens (primary N) is 1. The molecule has 1 aromatic rings. The van der Waals surface area contributed by atoms with Gasteiger partial charge in [0.1, 0.15) is 0 Å². The van der Waals surface area contributed by atoms with E-state index >= 15 is 0 Å². The van der Waals surface area contributed by atoms with E-state index in [1.807, 2.05) is 6.92 Å². The monoisotopic (exact) mass is 352 g/mol. The maximum atomic E-state index is 12.6. The Morgan fingerprint density at radius 2 is 2.22 bits per heavy atom. The van der Waals surface area contributed by atoms with Gasteiger partial charge in [0, 0.05) is 24.5 Å². The maximum absolute atomic E-state index is 12.6. The molecule has 0 aliphatic heterocycles. The Morgan fingerprint density at radius 3 is 2.61 bits per heavy atom. The van der Waals surface area contributed by atoms with Gasteiger partial charge in [0.2, 0.25) is 10.0 Å². The molecule has 2 rings (SSSR count). The van der Waals surface area contributed by atoms with Crippen molar-refractivity contribution in [3.63, 3.8) is 0 Å². The van der Waals surface area contributed by atoms with E-state index in [0.29, 0.717) is 17.4 Å². The van der Waals surface area contributed by atoms with Crippen molar-refractivity contribution in [1.82, 2.24) is 4.31 Å². The largest absolute Gasteiger partial charge is 0.329 e. The molecule has 0 saturated heterocycles.